The molecule has 38 heavy (non-hydrogen) atoms. The average molecular weight is 508 g/mol. The third kappa shape index (κ3) is 4.92. The molecule has 1 aliphatic carbocycles. The molecule has 0 unspecified atom stereocenters. The number of fused-ring (bicyclic) bond motifs is 1. The Balaban J connectivity index is 1.45. The summed E-state index contributed by atoms with van der Waals surface area (Å²) in [6, 6.07) is 31.4. The Hall–Kier alpha value is -4.03. The standard InChI is InChI=1S/C32H33N3O3/c1-2-38-31(37)30-27-20-12-21-28(36)29(27)34-35(30)23-13-22-33-32(24-14-6-3-7-15-24,25-16-8-4-9-17-25)26-18-10-5-11-19-26/h3-11,14-19,33H,2,12-13,20-23H2,1H3. The van der Waals surface area contributed by atoms with Gasteiger partial charge in [0.2, 0.25) is 0 Å². The summed E-state index contributed by atoms with van der Waals surface area (Å²) in [6.45, 7) is 3.22. The van der Waals surface area contributed by atoms with Crippen LogP contribution in [0.4, 0.5) is 0 Å². The van der Waals surface area contributed by atoms with E-state index in [0.717, 1.165) is 28.7 Å². The van der Waals surface area contributed by atoms with Crippen LogP contribution in [0.2, 0.25) is 0 Å². The van der Waals surface area contributed by atoms with Crippen LogP contribution in [-0.4, -0.2) is 34.7 Å². The maximum Gasteiger partial charge on any atom is 0.356 e. The van der Waals surface area contributed by atoms with Crippen molar-refractivity contribution in [2.75, 3.05) is 13.2 Å². The van der Waals surface area contributed by atoms with Gasteiger partial charge in [-0.1, -0.05) is 91.0 Å². The summed E-state index contributed by atoms with van der Waals surface area (Å²) in [5.74, 6) is -0.402. The Kier molecular flexibility index (Phi) is 7.80. The minimum Gasteiger partial charge on any atom is -0.461 e. The van der Waals surface area contributed by atoms with Gasteiger partial charge >= 0.3 is 5.97 Å². The van der Waals surface area contributed by atoms with Crippen molar-refractivity contribution in [3.63, 3.8) is 0 Å². The first-order chi connectivity index (χ1) is 18.6. The second-order valence-electron chi connectivity index (χ2n) is 9.52. The van der Waals surface area contributed by atoms with Gasteiger partial charge < -0.3 is 4.74 Å². The summed E-state index contributed by atoms with van der Waals surface area (Å²) < 4.78 is 7.02. The van der Waals surface area contributed by atoms with E-state index < -0.39 is 11.5 Å². The van der Waals surface area contributed by atoms with E-state index >= 15 is 0 Å². The van der Waals surface area contributed by atoms with Crippen LogP contribution in [0.15, 0.2) is 91.0 Å². The molecule has 0 fully saturated rings. The highest BCUT2D eigenvalue weighted by molar-refractivity contribution is 6.00. The molecule has 6 nitrogen and oxygen atoms in total. The lowest BCUT2D eigenvalue weighted by Gasteiger charge is -2.37. The molecule has 4 aromatic rings. The average Bonchev–Trinajstić information content (AvgIpc) is 3.35. The van der Waals surface area contributed by atoms with Gasteiger partial charge in [0.15, 0.2) is 5.78 Å². The molecule has 1 aromatic heterocycles. The van der Waals surface area contributed by atoms with Crippen molar-refractivity contribution in [2.24, 2.45) is 0 Å². The van der Waals surface area contributed by atoms with Crippen molar-refractivity contribution in [1.29, 1.82) is 0 Å². The molecule has 0 spiro atoms. The molecule has 1 aliphatic rings. The van der Waals surface area contributed by atoms with E-state index in [-0.39, 0.29) is 12.4 Å². The lowest BCUT2D eigenvalue weighted by atomic mass is 9.77. The number of esters is 1. The first kappa shape index (κ1) is 25.6. The highest BCUT2D eigenvalue weighted by Gasteiger charge is 2.36. The van der Waals surface area contributed by atoms with Crippen molar-refractivity contribution in [1.82, 2.24) is 15.1 Å². The minimum atomic E-state index is -0.562. The van der Waals surface area contributed by atoms with Crippen molar-refractivity contribution >= 4 is 11.8 Å². The number of aryl methyl sites for hydroxylation is 1. The molecule has 1 heterocycles. The fraction of sp³-hybridized carbons (Fsp3) is 0.281. The predicted molar refractivity (Wildman–Crippen MR) is 147 cm³/mol. The largest absolute Gasteiger partial charge is 0.461 e. The first-order valence-corrected chi connectivity index (χ1v) is 13.4. The summed E-state index contributed by atoms with van der Waals surface area (Å²) in [6.07, 6.45) is 2.59. The van der Waals surface area contributed by atoms with Gasteiger partial charge in [0.25, 0.3) is 0 Å². The van der Waals surface area contributed by atoms with Crippen molar-refractivity contribution in [2.45, 2.75) is 44.7 Å². The molecule has 3 aromatic carbocycles. The number of nitrogens with one attached hydrogen (secondary N) is 1. The number of nitrogens with zero attached hydrogens (tertiary/aromatic N) is 2. The monoisotopic (exact) mass is 507 g/mol. The van der Waals surface area contributed by atoms with Gasteiger partial charge in [-0.15, -0.1) is 0 Å². The fourth-order valence-corrected chi connectivity index (χ4v) is 5.47. The van der Waals surface area contributed by atoms with Crippen LogP contribution < -0.4 is 5.32 Å². The quantitative estimate of drug-likeness (QED) is 0.173. The van der Waals surface area contributed by atoms with Gasteiger partial charge in [-0.2, -0.15) is 5.10 Å². The van der Waals surface area contributed by atoms with Gasteiger partial charge in [0.1, 0.15) is 11.4 Å². The maximum absolute atomic E-state index is 12.8. The Morgan fingerprint density at radius 3 is 1.97 bits per heavy atom. The number of benzene rings is 3. The summed E-state index contributed by atoms with van der Waals surface area (Å²) in [7, 11) is 0. The van der Waals surface area contributed by atoms with E-state index in [1.165, 1.54) is 0 Å². The number of carbonyl (C=O) groups excluding carboxylic acids is 2. The van der Waals surface area contributed by atoms with E-state index in [9.17, 15) is 9.59 Å². The Morgan fingerprint density at radius 2 is 1.45 bits per heavy atom. The Morgan fingerprint density at radius 1 is 0.895 bits per heavy atom. The van der Waals surface area contributed by atoms with Crippen LogP contribution in [0.1, 0.15) is 69.4 Å². The van der Waals surface area contributed by atoms with E-state index in [4.69, 9.17) is 4.74 Å². The Bertz CT molecular complexity index is 1290. The molecule has 194 valence electrons. The van der Waals surface area contributed by atoms with Crippen LogP contribution in [0.5, 0.6) is 0 Å². The van der Waals surface area contributed by atoms with Crippen LogP contribution in [0.3, 0.4) is 0 Å². The van der Waals surface area contributed by atoms with Crippen molar-refractivity contribution in [3.8, 4) is 0 Å². The number of hydrogen-bond acceptors (Lipinski definition) is 5. The van der Waals surface area contributed by atoms with Crippen LogP contribution in [0.25, 0.3) is 0 Å². The predicted octanol–water partition coefficient (Wildman–Crippen LogP) is 5.55. The minimum absolute atomic E-state index is 0.00456. The zero-order chi connectivity index (χ0) is 26.4. The molecular weight excluding hydrogens is 474 g/mol. The van der Waals surface area contributed by atoms with Crippen molar-refractivity contribution in [3.05, 3.63) is 125 Å². The lowest BCUT2D eigenvalue weighted by molar-refractivity contribution is 0.0510. The number of carbonyl (C=O) groups is 2. The Labute approximate surface area is 223 Å². The molecule has 0 aliphatic heterocycles. The maximum atomic E-state index is 12.8. The normalized spacial score (nSPS) is 13.2. The number of ether oxygens (including phenoxy) is 1. The zero-order valence-corrected chi connectivity index (χ0v) is 21.7. The molecule has 6 heteroatoms. The van der Waals surface area contributed by atoms with E-state index in [2.05, 4.69) is 83.2 Å². The van der Waals surface area contributed by atoms with Crippen molar-refractivity contribution < 1.29 is 14.3 Å². The molecule has 0 bridgehead atoms. The van der Waals surface area contributed by atoms with Crippen LogP contribution in [-0.2, 0) is 23.2 Å². The SMILES string of the molecule is CCOC(=O)c1c2c(nn1CCCNC(c1ccccc1)(c1ccccc1)c1ccccc1)C(=O)CCC2. The summed E-state index contributed by atoms with van der Waals surface area (Å²) in [5.41, 5.74) is 4.46. The molecule has 0 amide bonds. The molecule has 1 N–H and O–H groups in total. The summed E-state index contributed by atoms with van der Waals surface area (Å²) in [5, 5.41) is 8.45. The number of rotatable bonds is 10. The third-order valence-electron chi connectivity index (χ3n) is 7.17. The molecule has 0 radical (unpaired) electrons. The van der Waals surface area contributed by atoms with Gasteiger partial charge in [-0.05, 0) is 49.4 Å². The molecule has 0 atom stereocenters. The van der Waals surface area contributed by atoms with Gasteiger partial charge in [-0.25, -0.2) is 4.79 Å². The van der Waals surface area contributed by atoms with E-state index in [1.807, 2.05) is 18.2 Å². The van der Waals surface area contributed by atoms with E-state index in [0.29, 0.717) is 43.7 Å². The number of Topliss-reactive ketones (excluding diaryl/α,β-unsaturated/α-hetero) is 1. The van der Waals surface area contributed by atoms with Crippen LogP contribution >= 0.6 is 0 Å². The molecule has 0 saturated heterocycles. The van der Waals surface area contributed by atoms with E-state index in [1.54, 1.807) is 11.6 Å². The zero-order valence-electron chi connectivity index (χ0n) is 21.7. The fourth-order valence-electron chi connectivity index (χ4n) is 5.47. The van der Waals surface area contributed by atoms with Gasteiger partial charge in [0.05, 0.1) is 12.1 Å². The molecular formula is C32H33N3O3. The second kappa shape index (κ2) is 11.6. The van der Waals surface area contributed by atoms with Gasteiger partial charge in [0, 0.05) is 18.5 Å². The first-order valence-electron chi connectivity index (χ1n) is 13.4. The third-order valence-corrected chi connectivity index (χ3v) is 7.17. The molecule has 5 rings (SSSR count). The number of aromatic nitrogens is 2. The highest BCUT2D eigenvalue weighted by Crippen LogP contribution is 2.36. The van der Waals surface area contributed by atoms with Crippen LogP contribution in [0, 0.1) is 0 Å². The number of ketones is 1. The summed E-state index contributed by atoms with van der Waals surface area (Å²) >= 11 is 0. The lowest BCUT2D eigenvalue weighted by Crippen LogP contribution is -2.45. The summed E-state index contributed by atoms with van der Waals surface area (Å²) in [4.78, 5) is 25.4. The highest BCUT2D eigenvalue weighted by atomic mass is 16.5. The smallest absolute Gasteiger partial charge is 0.356 e. The number of hydrogen-bond donors (Lipinski definition) is 1. The second-order valence-corrected chi connectivity index (χ2v) is 9.52. The topological polar surface area (TPSA) is 73.2 Å². The molecule has 0 saturated carbocycles. The van der Waals surface area contributed by atoms with Gasteiger partial charge in [-0.3, -0.25) is 14.8 Å².